The molecule has 3 heteroatoms. The Morgan fingerprint density at radius 1 is 1.25 bits per heavy atom. The Kier molecular flexibility index (Phi) is 3.72. The maximum Gasteiger partial charge on any atom is 0.141 e. The highest BCUT2D eigenvalue weighted by Crippen LogP contribution is 2.56. The van der Waals surface area contributed by atoms with Crippen LogP contribution in [0.25, 0.3) is 0 Å². The Morgan fingerprint density at radius 3 is 2.55 bits per heavy atom. The molecule has 2 aliphatic rings. The molecule has 2 N–H and O–H groups in total. The van der Waals surface area contributed by atoms with Crippen LogP contribution in [-0.4, -0.2) is 13.2 Å². The quantitative estimate of drug-likeness (QED) is 0.855. The van der Waals surface area contributed by atoms with Crippen molar-refractivity contribution in [1.29, 1.82) is 0 Å². The minimum atomic E-state index is 0.102. The zero-order valence-corrected chi connectivity index (χ0v) is 13.2. The minimum absolute atomic E-state index is 0.102. The highest BCUT2D eigenvalue weighted by Gasteiger charge is 2.51. The molecule has 1 atom stereocenters. The van der Waals surface area contributed by atoms with Gasteiger partial charge in [0.05, 0.1) is 12.1 Å². The van der Waals surface area contributed by atoms with Crippen LogP contribution in [0.4, 0.5) is 0 Å². The van der Waals surface area contributed by atoms with E-state index in [0.717, 1.165) is 36.5 Å². The molecule has 1 fully saturated rings. The lowest BCUT2D eigenvalue weighted by molar-refractivity contribution is 0.397. The van der Waals surface area contributed by atoms with Gasteiger partial charge in [-0.05, 0) is 62.6 Å². The maximum absolute atomic E-state index is 6.49. The molecule has 2 aliphatic carbocycles. The summed E-state index contributed by atoms with van der Waals surface area (Å²) in [4.78, 5) is 0. The van der Waals surface area contributed by atoms with E-state index < -0.39 is 0 Å². The van der Waals surface area contributed by atoms with Crippen molar-refractivity contribution in [2.45, 2.75) is 63.3 Å². The van der Waals surface area contributed by atoms with E-state index >= 15 is 0 Å². The molecule has 0 spiro atoms. The molecule has 0 radical (unpaired) electrons. The number of methoxy groups -OCH3 is 1. The van der Waals surface area contributed by atoms with Crippen LogP contribution in [0.1, 0.15) is 55.7 Å². The van der Waals surface area contributed by atoms with E-state index in [4.69, 9.17) is 22.1 Å². The van der Waals surface area contributed by atoms with Crippen molar-refractivity contribution in [2.75, 3.05) is 7.11 Å². The molecule has 3 rings (SSSR count). The molecular formula is C17H24ClNO. The van der Waals surface area contributed by atoms with E-state index in [9.17, 15) is 0 Å². The molecule has 2 nitrogen and oxygen atoms in total. The third-order valence-electron chi connectivity index (χ3n) is 5.17. The van der Waals surface area contributed by atoms with Crippen molar-refractivity contribution in [3.63, 3.8) is 0 Å². The largest absolute Gasteiger partial charge is 0.495 e. The Bertz CT molecular complexity index is 520. The summed E-state index contributed by atoms with van der Waals surface area (Å²) in [6.45, 7) is 2.12. The smallest absolute Gasteiger partial charge is 0.141 e. The van der Waals surface area contributed by atoms with Gasteiger partial charge in [-0.15, -0.1) is 0 Å². The summed E-state index contributed by atoms with van der Waals surface area (Å²) in [7, 11) is 1.73. The van der Waals surface area contributed by atoms with E-state index in [1.165, 1.54) is 36.0 Å². The summed E-state index contributed by atoms with van der Waals surface area (Å²) >= 11 is 6.49. The number of ether oxygens (including phenoxy) is 1. The monoisotopic (exact) mass is 293 g/mol. The molecule has 0 aliphatic heterocycles. The summed E-state index contributed by atoms with van der Waals surface area (Å²) < 4.78 is 5.67. The first kappa shape index (κ1) is 14.2. The van der Waals surface area contributed by atoms with Gasteiger partial charge in [0.15, 0.2) is 0 Å². The first-order valence-electron chi connectivity index (χ1n) is 7.74. The Balaban J connectivity index is 2.22. The first-order chi connectivity index (χ1) is 9.60. The maximum atomic E-state index is 6.49. The average Bonchev–Trinajstić information content (AvgIpc) is 3.21. The third-order valence-corrected chi connectivity index (χ3v) is 5.45. The fraction of sp³-hybridized carbons (Fsp3) is 0.647. The van der Waals surface area contributed by atoms with E-state index in [1.807, 2.05) is 0 Å². The molecule has 0 aromatic heterocycles. The molecule has 20 heavy (non-hydrogen) atoms. The summed E-state index contributed by atoms with van der Waals surface area (Å²) in [6, 6.07) is 2.28. The van der Waals surface area contributed by atoms with Crippen molar-refractivity contribution in [1.82, 2.24) is 0 Å². The van der Waals surface area contributed by atoms with Crippen LogP contribution in [-0.2, 0) is 18.3 Å². The molecule has 1 aromatic carbocycles. The number of halogens is 1. The number of aryl methyl sites for hydroxylation is 1. The third kappa shape index (κ3) is 2.14. The summed E-state index contributed by atoms with van der Waals surface area (Å²) in [5.41, 5.74) is 10.7. The van der Waals surface area contributed by atoms with Crippen molar-refractivity contribution >= 4 is 11.6 Å². The standard InChI is InChI=1S/C17H24ClNO/c1-11(19)17(8-9-17)15-13-7-5-3-4-6-12(13)10-14(18)16(15)20-2/h10-11H,3-9,19H2,1-2H3. The second-order valence-corrected chi connectivity index (χ2v) is 6.82. The summed E-state index contributed by atoms with van der Waals surface area (Å²) in [6.07, 6.45) is 8.44. The van der Waals surface area contributed by atoms with Gasteiger partial charge in [0.25, 0.3) is 0 Å². The summed E-state index contributed by atoms with van der Waals surface area (Å²) in [5.74, 6) is 0.877. The van der Waals surface area contributed by atoms with Gasteiger partial charge < -0.3 is 10.5 Å². The van der Waals surface area contributed by atoms with Crippen LogP contribution in [0, 0.1) is 0 Å². The number of benzene rings is 1. The van der Waals surface area contributed by atoms with Crippen molar-refractivity contribution in [3.05, 3.63) is 27.8 Å². The SMILES string of the molecule is COc1c(Cl)cc2c(c1C1(C(C)N)CC1)CCCCC2. The van der Waals surface area contributed by atoms with E-state index in [-0.39, 0.29) is 11.5 Å². The topological polar surface area (TPSA) is 35.2 Å². The zero-order chi connectivity index (χ0) is 14.3. The van der Waals surface area contributed by atoms with E-state index in [2.05, 4.69) is 13.0 Å². The molecule has 1 unspecified atom stereocenters. The predicted octanol–water partition coefficient (Wildman–Crippen LogP) is 4.00. The van der Waals surface area contributed by atoms with Crippen molar-refractivity contribution < 1.29 is 4.74 Å². The van der Waals surface area contributed by atoms with Gasteiger partial charge in [0, 0.05) is 17.0 Å². The van der Waals surface area contributed by atoms with Crippen LogP contribution in [0.15, 0.2) is 6.07 Å². The molecule has 0 amide bonds. The molecule has 110 valence electrons. The fourth-order valence-electron chi connectivity index (χ4n) is 3.82. The number of fused-ring (bicyclic) bond motifs is 1. The van der Waals surface area contributed by atoms with Gasteiger partial charge in [0.2, 0.25) is 0 Å². The summed E-state index contributed by atoms with van der Waals surface area (Å²) in [5, 5.41) is 0.759. The minimum Gasteiger partial charge on any atom is -0.495 e. The second-order valence-electron chi connectivity index (χ2n) is 6.41. The molecular weight excluding hydrogens is 270 g/mol. The van der Waals surface area contributed by atoms with Crippen molar-refractivity contribution in [2.24, 2.45) is 5.73 Å². The first-order valence-corrected chi connectivity index (χ1v) is 8.12. The fourth-order valence-corrected chi connectivity index (χ4v) is 4.12. The van der Waals surface area contributed by atoms with Crippen LogP contribution in [0.3, 0.4) is 0 Å². The van der Waals surface area contributed by atoms with Crippen LogP contribution in [0.5, 0.6) is 5.75 Å². The lowest BCUT2D eigenvalue weighted by Gasteiger charge is -2.27. The highest BCUT2D eigenvalue weighted by atomic mass is 35.5. The zero-order valence-electron chi connectivity index (χ0n) is 12.5. The second kappa shape index (κ2) is 5.23. The van der Waals surface area contributed by atoms with Crippen LogP contribution in [0.2, 0.25) is 5.02 Å². The Labute approximate surface area is 126 Å². The van der Waals surface area contributed by atoms with Gasteiger partial charge in [-0.2, -0.15) is 0 Å². The molecule has 1 saturated carbocycles. The normalized spacial score (nSPS) is 21.8. The van der Waals surface area contributed by atoms with Gasteiger partial charge in [-0.1, -0.05) is 18.0 Å². The van der Waals surface area contributed by atoms with E-state index in [1.54, 1.807) is 7.11 Å². The van der Waals surface area contributed by atoms with Gasteiger partial charge in [-0.3, -0.25) is 0 Å². The molecule has 0 saturated heterocycles. The predicted molar refractivity (Wildman–Crippen MR) is 83.8 cm³/mol. The molecule has 0 heterocycles. The number of nitrogens with two attached hydrogens (primary N) is 1. The number of hydrogen-bond donors (Lipinski definition) is 1. The van der Waals surface area contributed by atoms with Gasteiger partial charge in [0.1, 0.15) is 5.75 Å². The van der Waals surface area contributed by atoms with Crippen LogP contribution >= 0.6 is 11.6 Å². The van der Waals surface area contributed by atoms with Gasteiger partial charge in [-0.25, -0.2) is 0 Å². The Morgan fingerprint density at radius 2 is 1.95 bits per heavy atom. The average molecular weight is 294 g/mol. The van der Waals surface area contributed by atoms with Crippen molar-refractivity contribution in [3.8, 4) is 5.75 Å². The number of hydrogen-bond acceptors (Lipinski definition) is 2. The van der Waals surface area contributed by atoms with Gasteiger partial charge >= 0.3 is 0 Å². The lowest BCUT2D eigenvalue weighted by Crippen LogP contribution is -2.33. The Hall–Kier alpha value is -0.730. The van der Waals surface area contributed by atoms with E-state index in [0.29, 0.717) is 0 Å². The molecule has 1 aromatic rings. The highest BCUT2D eigenvalue weighted by molar-refractivity contribution is 6.32. The lowest BCUT2D eigenvalue weighted by atomic mass is 9.82. The molecule has 0 bridgehead atoms. The van der Waals surface area contributed by atoms with Crippen LogP contribution < -0.4 is 10.5 Å². The number of rotatable bonds is 3.